The average molecular weight is 1080 g/mol. The number of amides is 3. The summed E-state index contributed by atoms with van der Waals surface area (Å²) in [6.07, 6.45) is -6.11. The Hall–Kier alpha value is -3.58. The highest BCUT2D eigenvalue weighted by molar-refractivity contribution is 8.15. The standard InChI is InChI=1S/C34H48N9O19P3S3/c1-34(2,15-59-65(56,57)62-64(54,55)58-14-21-26(61-63(51,52)53)25(47)32(60-21)43-17-40-24-28(35)38-16-39-29(24)43)27(48)30(49)37-7-5-22(45)36-8-11-68-33(50)19-6-10-67-31(42-19)20(13-44)41-23(46)12-18-4-3-9-66-18/h3-4,9,13,16-17,20-21,25-27,31-32,47-48H,5-8,10-12,14-15H2,1-2H3,(H,36,45)(H,37,49)(H,41,46)(H,54,55)(H,56,57)(H2,35,38,39)(H2,51,52,53)/t20-,21?,25?,26?,27?,31-,32?/m1/s1. The second-order valence-electron chi connectivity index (χ2n) is 15.3. The van der Waals surface area contributed by atoms with Gasteiger partial charge in [-0.3, -0.25) is 42.3 Å². The van der Waals surface area contributed by atoms with E-state index >= 15 is 0 Å². The molecule has 1 saturated heterocycles. The molecule has 0 aromatic carbocycles. The van der Waals surface area contributed by atoms with Gasteiger partial charge in [0.05, 0.1) is 31.7 Å². The third kappa shape index (κ3) is 16.0. The number of anilines is 1. The van der Waals surface area contributed by atoms with Gasteiger partial charge in [0.2, 0.25) is 22.8 Å². The monoisotopic (exact) mass is 1080 g/mol. The molecular formula is C34H48N9O19P3S3. The number of nitrogens with two attached hydrogens (primary N) is 1. The number of hydrogen-bond acceptors (Lipinski definition) is 23. The number of nitrogens with one attached hydrogen (secondary N) is 3. The Balaban J connectivity index is 1.01. The number of aromatic nitrogens is 4. The van der Waals surface area contributed by atoms with Gasteiger partial charge in [-0.05, 0) is 11.4 Å². The molecule has 28 nitrogen and oxygen atoms in total. The van der Waals surface area contributed by atoms with Crippen LogP contribution in [0.15, 0.2) is 35.2 Å². The van der Waals surface area contributed by atoms with Crippen molar-refractivity contribution < 1.29 is 90.1 Å². The first kappa shape index (κ1) is 55.3. The summed E-state index contributed by atoms with van der Waals surface area (Å²) < 4.78 is 62.4. The predicted molar refractivity (Wildman–Crippen MR) is 241 cm³/mol. The van der Waals surface area contributed by atoms with Crippen LogP contribution in [0.5, 0.6) is 0 Å². The van der Waals surface area contributed by atoms with Gasteiger partial charge in [-0.15, -0.1) is 23.1 Å². The smallest absolute Gasteiger partial charge is 0.386 e. The zero-order chi connectivity index (χ0) is 50.0. The molecule has 5 heterocycles. The first-order valence-corrected chi connectivity index (χ1v) is 27.3. The number of imidazole rings is 1. The summed E-state index contributed by atoms with van der Waals surface area (Å²) in [6, 6.07) is 2.69. The van der Waals surface area contributed by atoms with E-state index < -0.39 is 96.0 Å². The van der Waals surface area contributed by atoms with Crippen molar-refractivity contribution in [3.63, 3.8) is 0 Å². The van der Waals surface area contributed by atoms with Gasteiger partial charge in [0.25, 0.3) is 0 Å². The summed E-state index contributed by atoms with van der Waals surface area (Å²) in [6.45, 7) is 0.176. The van der Waals surface area contributed by atoms with E-state index in [0.717, 1.165) is 33.9 Å². The normalized spacial score (nSPS) is 22.6. The number of ether oxygens (including phenoxy) is 1. The maximum absolute atomic E-state index is 12.8. The van der Waals surface area contributed by atoms with E-state index in [2.05, 4.69) is 44.7 Å². The van der Waals surface area contributed by atoms with Crippen molar-refractivity contribution in [2.24, 2.45) is 10.4 Å². The molecule has 2 aliphatic rings. The minimum Gasteiger partial charge on any atom is -0.386 e. The predicted octanol–water partition coefficient (Wildman–Crippen LogP) is -0.443. The van der Waals surface area contributed by atoms with Crippen LogP contribution in [0.3, 0.4) is 0 Å². The number of aliphatic hydroxyl groups is 2. The molecule has 3 amide bonds. The van der Waals surface area contributed by atoms with Gasteiger partial charge in [0.1, 0.15) is 54.0 Å². The number of rotatable bonds is 25. The molecule has 5 rings (SSSR count). The van der Waals surface area contributed by atoms with E-state index in [4.69, 9.17) is 19.5 Å². The summed E-state index contributed by atoms with van der Waals surface area (Å²) in [5, 5.41) is 30.0. The maximum atomic E-state index is 12.8. The van der Waals surface area contributed by atoms with E-state index in [0.29, 0.717) is 18.5 Å². The first-order chi connectivity index (χ1) is 31.9. The number of aliphatic imine (C=N–C) groups is 1. The van der Waals surface area contributed by atoms with E-state index in [9.17, 15) is 67.5 Å². The lowest BCUT2D eigenvalue weighted by atomic mass is 9.87. The highest BCUT2D eigenvalue weighted by Gasteiger charge is 2.50. The minimum atomic E-state index is -5.61. The van der Waals surface area contributed by atoms with Crippen molar-refractivity contribution >= 4 is 110 Å². The van der Waals surface area contributed by atoms with Gasteiger partial charge in [-0.1, -0.05) is 31.7 Å². The van der Waals surface area contributed by atoms with Crippen LogP contribution in [0.2, 0.25) is 0 Å². The van der Waals surface area contributed by atoms with Crippen molar-refractivity contribution in [2.75, 3.05) is 43.5 Å². The van der Waals surface area contributed by atoms with Gasteiger partial charge < -0.3 is 61.0 Å². The molecule has 1 fully saturated rings. The van der Waals surface area contributed by atoms with Crippen LogP contribution in [0.25, 0.3) is 11.2 Å². The van der Waals surface area contributed by atoms with Crippen LogP contribution in [0.4, 0.5) is 5.82 Å². The topological polar surface area (TPSA) is 422 Å². The van der Waals surface area contributed by atoms with E-state index in [1.807, 2.05) is 11.4 Å². The summed E-state index contributed by atoms with van der Waals surface area (Å²) >= 11 is 3.65. The molecule has 68 heavy (non-hydrogen) atoms. The molecule has 11 N–H and O–H groups in total. The van der Waals surface area contributed by atoms with Crippen LogP contribution in [-0.2, 0) is 66.7 Å². The van der Waals surface area contributed by atoms with Crippen LogP contribution < -0.4 is 21.7 Å². The second kappa shape index (κ2) is 24.0. The minimum absolute atomic E-state index is 0.0170. The SMILES string of the molecule is CC(C)(COP(=O)(O)OP(=O)(O)OCC1OC(n2cnc3c(N)ncnc32)C(O)C1OP(=O)(O)O)C(O)C(=O)NCCC(=O)NCCSC(=O)C1=N[C@@H]([C@@H](C=O)NC(=O)Cc2cccs2)SCC1. The third-order valence-corrected chi connectivity index (χ3v) is 15.6. The lowest BCUT2D eigenvalue weighted by Crippen LogP contribution is -2.46. The molecular weight excluding hydrogens is 1030 g/mol. The van der Waals surface area contributed by atoms with Gasteiger partial charge in [-0.2, -0.15) is 4.31 Å². The molecule has 9 atom stereocenters. The number of phosphoric acid groups is 3. The zero-order valence-corrected chi connectivity index (χ0v) is 40.9. The van der Waals surface area contributed by atoms with Crippen LogP contribution in [0, 0.1) is 5.41 Å². The summed E-state index contributed by atoms with van der Waals surface area (Å²) in [4.78, 5) is 119. The number of phosphoric ester groups is 3. The van der Waals surface area contributed by atoms with Crippen molar-refractivity contribution in [2.45, 2.75) is 75.2 Å². The molecule has 0 saturated carbocycles. The Morgan fingerprint density at radius 1 is 1.07 bits per heavy atom. The first-order valence-electron chi connectivity index (χ1n) is 19.9. The number of nitrogens with zero attached hydrogens (tertiary/aromatic N) is 5. The van der Waals surface area contributed by atoms with E-state index in [1.165, 1.54) is 36.9 Å². The fourth-order valence-electron chi connectivity index (χ4n) is 6.21. The average Bonchev–Trinajstić information content (AvgIpc) is 4.02. The lowest BCUT2D eigenvalue weighted by Gasteiger charge is -2.30. The number of hydrogen-bond donors (Lipinski definition) is 10. The highest BCUT2D eigenvalue weighted by Crippen LogP contribution is 2.61. The van der Waals surface area contributed by atoms with Gasteiger partial charge in [0.15, 0.2) is 17.7 Å². The summed E-state index contributed by atoms with van der Waals surface area (Å²) in [5.41, 5.74) is 4.44. The molecule has 7 unspecified atom stereocenters. The summed E-state index contributed by atoms with van der Waals surface area (Å²) in [7, 11) is -16.5. The maximum Gasteiger partial charge on any atom is 0.481 e. The molecule has 0 bridgehead atoms. The number of nitrogen functional groups attached to an aromatic ring is 1. The number of thioether (sulfide) groups is 2. The molecule has 3 aromatic rings. The van der Waals surface area contributed by atoms with Crippen molar-refractivity contribution in [3.8, 4) is 0 Å². The fourth-order valence-corrected chi connectivity index (χ4v) is 11.5. The Morgan fingerprint density at radius 3 is 2.50 bits per heavy atom. The Kier molecular flexibility index (Phi) is 19.6. The lowest BCUT2D eigenvalue weighted by molar-refractivity contribution is -0.137. The number of carbonyl (C=O) groups excluding carboxylic acids is 5. The Labute approximate surface area is 398 Å². The zero-order valence-electron chi connectivity index (χ0n) is 35.7. The number of fused-ring (bicyclic) bond motifs is 1. The van der Waals surface area contributed by atoms with Gasteiger partial charge in [0, 0.05) is 47.7 Å². The summed E-state index contributed by atoms with van der Waals surface area (Å²) in [5.74, 6) is -1.28. The van der Waals surface area contributed by atoms with Gasteiger partial charge >= 0.3 is 23.5 Å². The molecule has 0 spiro atoms. The molecule has 3 aromatic heterocycles. The quantitative estimate of drug-likeness (QED) is 0.0292. The molecule has 0 radical (unpaired) electrons. The number of aldehydes is 1. The van der Waals surface area contributed by atoms with Crippen LogP contribution >= 0.6 is 58.3 Å². The van der Waals surface area contributed by atoms with Crippen molar-refractivity contribution in [3.05, 3.63) is 35.0 Å². The number of aliphatic hydroxyl groups excluding tert-OH is 2. The highest BCUT2D eigenvalue weighted by atomic mass is 32.2. The Bertz CT molecular complexity index is 2460. The van der Waals surface area contributed by atoms with E-state index in [-0.39, 0.29) is 65.4 Å². The molecule has 34 heteroatoms. The third-order valence-electron chi connectivity index (χ3n) is 9.58. The molecule has 376 valence electrons. The van der Waals surface area contributed by atoms with Crippen LogP contribution in [-0.4, -0.2) is 158 Å². The molecule has 0 aliphatic carbocycles. The molecule has 2 aliphatic heterocycles. The number of carbonyl (C=O) groups is 5. The van der Waals surface area contributed by atoms with Crippen molar-refractivity contribution in [1.82, 2.24) is 35.5 Å². The van der Waals surface area contributed by atoms with Gasteiger partial charge in [-0.25, -0.2) is 28.6 Å². The van der Waals surface area contributed by atoms with Crippen molar-refractivity contribution in [1.29, 1.82) is 0 Å². The second-order valence-corrected chi connectivity index (χ2v) is 22.8. The van der Waals surface area contributed by atoms with E-state index in [1.54, 1.807) is 6.07 Å². The fraction of sp³-hybridized carbons (Fsp3) is 0.559. The largest absolute Gasteiger partial charge is 0.481 e. The number of thiophene rings is 1. The Morgan fingerprint density at radius 2 is 1.81 bits per heavy atom. The van der Waals surface area contributed by atoms with Crippen LogP contribution in [0.1, 0.15) is 37.8 Å².